The van der Waals surface area contributed by atoms with E-state index in [0.717, 1.165) is 37.7 Å². The summed E-state index contributed by atoms with van der Waals surface area (Å²) < 4.78 is 5.65. The Bertz CT molecular complexity index is 292. The number of ether oxygens (including phenoxy) is 1. The molecule has 0 aromatic rings. The minimum absolute atomic E-state index is 0.0534. The molecular formula is C11H15NO2. The van der Waals surface area contributed by atoms with Gasteiger partial charge in [-0.2, -0.15) is 5.26 Å². The second-order valence-corrected chi connectivity index (χ2v) is 4.09. The summed E-state index contributed by atoms with van der Waals surface area (Å²) in [5, 5.41) is 17.2. The quantitative estimate of drug-likeness (QED) is 0.418. The lowest BCUT2D eigenvalue weighted by atomic mass is 9.99. The minimum Gasteiger partial charge on any atom is -0.396 e. The number of rotatable bonds is 4. The maximum absolute atomic E-state index is 8.68. The fourth-order valence-electron chi connectivity index (χ4n) is 2.37. The van der Waals surface area contributed by atoms with E-state index in [9.17, 15) is 0 Å². The van der Waals surface area contributed by atoms with Crippen LogP contribution in [0.2, 0.25) is 0 Å². The zero-order chi connectivity index (χ0) is 10.0. The predicted octanol–water partition coefficient (Wildman–Crippen LogP) is 1.53. The van der Waals surface area contributed by atoms with Crippen LogP contribution in [0.15, 0.2) is 11.6 Å². The molecule has 2 aliphatic rings. The van der Waals surface area contributed by atoms with Crippen molar-refractivity contribution in [3.8, 4) is 6.07 Å². The molecule has 2 unspecified atom stereocenters. The van der Waals surface area contributed by atoms with Gasteiger partial charge in [0.2, 0.25) is 0 Å². The van der Waals surface area contributed by atoms with Crippen molar-refractivity contribution < 1.29 is 9.84 Å². The second kappa shape index (κ2) is 3.72. The third-order valence-electron chi connectivity index (χ3n) is 3.20. The highest BCUT2D eigenvalue weighted by Crippen LogP contribution is 2.55. The highest BCUT2D eigenvalue weighted by atomic mass is 16.6. The largest absolute Gasteiger partial charge is 0.396 e. The maximum Gasteiger partial charge on any atom is 0.109 e. The molecule has 0 radical (unpaired) electrons. The van der Waals surface area contributed by atoms with Crippen LogP contribution in [0.1, 0.15) is 32.1 Å². The number of aliphatic hydroxyl groups is 1. The zero-order valence-corrected chi connectivity index (χ0v) is 8.20. The molecule has 3 nitrogen and oxygen atoms in total. The van der Waals surface area contributed by atoms with Crippen molar-refractivity contribution in [3.63, 3.8) is 0 Å². The van der Waals surface area contributed by atoms with Crippen LogP contribution in [0.25, 0.3) is 0 Å². The Labute approximate surface area is 84.0 Å². The number of hydrogen-bond acceptors (Lipinski definition) is 3. The lowest BCUT2D eigenvalue weighted by Gasteiger charge is -2.05. The van der Waals surface area contributed by atoms with Crippen LogP contribution in [-0.4, -0.2) is 23.4 Å². The van der Waals surface area contributed by atoms with Crippen molar-refractivity contribution in [2.75, 3.05) is 6.61 Å². The van der Waals surface area contributed by atoms with Crippen molar-refractivity contribution in [1.29, 1.82) is 5.26 Å². The van der Waals surface area contributed by atoms with Crippen LogP contribution in [0, 0.1) is 11.3 Å². The van der Waals surface area contributed by atoms with E-state index in [-0.39, 0.29) is 18.3 Å². The van der Waals surface area contributed by atoms with Gasteiger partial charge >= 0.3 is 0 Å². The molecule has 1 N–H and O–H groups in total. The first-order chi connectivity index (χ1) is 6.82. The topological polar surface area (TPSA) is 56.5 Å². The summed E-state index contributed by atoms with van der Waals surface area (Å²) in [6, 6.07) is 2.07. The Hall–Kier alpha value is -0.850. The first-order valence-corrected chi connectivity index (χ1v) is 5.20. The average molecular weight is 193 g/mol. The molecule has 1 aliphatic heterocycles. The Kier molecular flexibility index (Phi) is 2.58. The number of allylic oxidation sites excluding steroid dienone is 1. The lowest BCUT2D eigenvalue weighted by Crippen LogP contribution is -2.09. The average Bonchev–Trinajstić information content (AvgIpc) is 2.80. The van der Waals surface area contributed by atoms with Crippen molar-refractivity contribution in [3.05, 3.63) is 11.6 Å². The van der Waals surface area contributed by atoms with Gasteiger partial charge in [0.05, 0.1) is 11.7 Å². The van der Waals surface area contributed by atoms with E-state index in [2.05, 4.69) is 6.07 Å². The van der Waals surface area contributed by atoms with Gasteiger partial charge in [0.1, 0.15) is 6.10 Å². The summed E-state index contributed by atoms with van der Waals surface area (Å²) in [4.78, 5) is 0. The van der Waals surface area contributed by atoms with Gasteiger partial charge in [0.25, 0.3) is 0 Å². The van der Waals surface area contributed by atoms with E-state index in [4.69, 9.17) is 15.1 Å². The number of unbranched alkanes of at least 4 members (excludes halogenated alkanes) is 1. The molecule has 0 aromatic carbocycles. The summed E-state index contributed by atoms with van der Waals surface area (Å²) in [5.41, 5.74) is 1.22. The Balaban J connectivity index is 1.86. The van der Waals surface area contributed by atoms with Gasteiger partial charge in [-0.1, -0.05) is 0 Å². The van der Waals surface area contributed by atoms with Crippen molar-refractivity contribution >= 4 is 0 Å². The van der Waals surface area contributed by atoms with E-state index < -0.39 is 0 Å². The SMILES string of the molecule is N#C/C=C1/CCC2(CCCCO)OC12. The van der Waals surface area contributed by atoms with Crippen molar-refractivity contribution in [1.82, 2.24) is 0 Å². The van der Waals surface area contributed by atoms with Crippen LogP contribution in [-0.2, 0) is 4.74 Å². The number of nitriles is 1. The number of fused-ring (bicyclic) bond motifs is 1. The summed E-state index contributed by atoms with van der Waals surface area (Å²) in [7, 11) is 0. The van der Waals surface area contributed by atoms with Crippen LogP contribution in [0.5, 0.6) is 0 Å². The smallest absolute Gasteiger partial charge is 0.109 e. The molecule has 2 fully saturated rings. The highest BCUT2D eigenvalue weighted by molar-refractivity contribution is 5.33. The van der Waals surface area contributed by atoms with Crippen LogP contribution >= 0.6 is 0 Å². The Morgan fingerprint density at radius 3 is 3.14 bits per heavy atom. The van der Waals surface area contributed by atoms with Gasteiger partial charge in [-0.25, -0.2) is 0 Å². The van der Waals surface area contributed by atoms with Gasteiger partial charge in [-0.3, -0.25) is 0 Å². The van der Waals surface area contributed by atoms with E-state index in [1.54, 1.807) is 6.08 Å². The van der Waals surface area contributed by atoms with Gasteiger partial charge in [-0.15, -0.1) is 0 Å². The van der Waals surface area contributed by atoms with Crippen LogP contribution < -0.4 is 0 Å². The second-order valence-electron chi connectivity index (χ2n) is 4.09. The monoisotopic (exact) mass is 193 g/mol. The van der Waals surface area contributed by atoms with Crippen molar-refractivity contribution in [2.24, 2.45) is 0 Å². The summed E-state index contributed by atoms with van der Waals surface area (Å²) in [6.45, 7) is 0.266. The molecule has 0 amide bonds. The van der Waals surface area contributed by atoms with Gasteiger partial charge in [0.15, 0.2) is 0 Å². The molecule has 1 saturated heterocycles. The molecule has 0 aromatic heterocycles. The number of hydrogen-bond donors (Lipinski definition) is 1. The molecule has 76 valence electrons. The van der Waals surface area contributed by atoms with Gasteiger partial charge in [-0.05, 0) is 37.7 Å². The minimum atomic E-state index is 0.0534. The van der Waals surface area contributed by atoms with Gasteiger partial charge < -0.3 is 9.84 Å². The van der Waals surface area contributed by atoms with E-state index in [1.807, 2.05) is 0 Å². The molecule has 1 aliphatic carbocycles. The molecule has 0 spiro atoms. The summed E-state index contributed by atoms with van der Waals surface area (Å²) in [5.74, 6) is 0. The Morgan fingerprint density at radius 2 is 2.50 bits per heavy atom. The molecule has 14 heavy (non-hydrogen) atoms. The van der Waals surface area contributed by atoms with Crippen LogP contribution in [0.3, 0.4) is 0 Å². The molecule has 2 rings (SSSR count). The van der Waals surface area contributed by atoms with Crippen molar-refractivity contribution in [2.45, 2.75) is 43.8 Å². The molecule has 1 heterocycles. The number of nitrogens with zero attached hydrogens (tertiary/aromatic N) is 1. The number of aliphatic hydroxyl groups excluding tert-OH is 1. The third kappa shape index (κ3) is 1.56. The first kappa shape index (κ1) is 9.70. The summed E-state index contributed by atoms with van der Waals surface area (Å²) in [6.07, 6.45) is 6.82. The third-order valence-corrected chi connectivity index (χ3v) is 3.20. The Morgan fingerprint density at radius 1 is 1.64 bits per heavy atom. The molecule has 0 bridgehead atoms. The maximum atomic E-state index is 8.68. The van der Waals surface area contributed by atoms with Gasteiger partial charge in [0, 0.05) is 12.7 Å². The number of epoxide rings is 1. The van der Waals surface area contributed by atoms with E-state index >= 15 is 0 Å². The van der Waals surface area contributed by atoms with E-state index in [0.29, 0.717) is 0 Å². The fraction of sp³-hybridized carbons (Fsp3) is 0.727. The fourth-order valence-corrected chi connectivity index (χ4v) is 2.37. The normalized spacial score (nSPS) is 36.9. The predicted molar refractivity (Wildman–Crippen MR) is 51.5 cm³/mol. The molecule has 2 atom stereocenters. The molecular weight excluding hydrogens is 178 g/mol. The molecule has 1 saturated carbocycles. The zero-order valence-electron chi connectivity index (χ0n) is 8.20. The highest BCUT2D eigenvalue weighted by Gasteiger charge is 2.60. The van der Waals surface area contributed by atoms with Crippen LogP contribution in [0.4, 0.5) is 0 Å². The lowest BCUT2D eigenvalue weighted by molar-refractivity contribution is 0.237. The first-order valence-electron chi connectivity index (χ1n) is 5.20. The molecule has 3 heteroatoms. The van der Waals surface area contributed by atoms with E-state index in [1.165, 1.54) is 0 Å². The summed E-state index contributed by atoms with van der Waals surface area (Å²) >= 11 is 0. The standard InChI is InChI=1S/C11H15NO2/c12-7-4-9-3-6-11(10(9)14-11)5-1-2-8-13/h4,10,13H,1-3,5-6,8H2/b9-4-.